The van der Waals surface area contributed by atoms with Gasteiger partial charge in [-0.25, -0.2) is 15.0 Å². The van der Waals surface area contributed by atoms with Crippen molar-refractivity contribution in [2.24, 2.45) is 23.2 Å². The molecule has 0 saturated heterocycles. The number of rotatable bonds is 3. The molecule has 3 aromatic heterocycles. The Bertz CT molecular complexity index is 1060. The minimum atomic E-state index is 0.417. The van der Waals surface area contributed by atoms with Crippen LogP contribution in [0.15, 0.2) is 24.3 Å². The second kappa shape index (κ2) is 5.94. The van der Waals surface area contributed by atoms with Gasteiger partial charge in [0.15, 0.2) is 5.65 Å². The number of hydrogen-bond donors (Lipinski definition) is 2. The minimum absolute atomic E-state index is 0.417. The predicted molar refractivity (Wildman–Crippen MR) is 115 cm³/mol. The summed E-state index contributed by atoms with van der Waals surface area (Å²) in [5.41, 5.74) is 16.0. The van der Waals surface area contributed by atoms with Gasteiger partial charge < -0.3 is 16.0 Å². The predicted octanol–water partition coefficient (Wildman–Crippen LogP) is 4.18. The van der Waals surface area contributed by atoms with Crippen molar-refractivity contribution in [2.75, 3.05) is 11.5 Å². The molecule has 4 bridgehead atoms. The van der Waals surface area contributed by atoms with E-state index in [0.717, 1.165) is 52.5 Å². The zero-order valence-electron chi connectivity index (χ0n) is 16.9. The van der Waals surface area contributed by atoms with E-state index in [1.165, 1.54) is 38.5 Å². The van der Waals surface area contributed by atoms with E-state index in [2.05, 4.69) is 22.5 Å². The van der Waals surface area contributed by atoms with Crippen LogP contribution < -0.4 is 11.5 Å². The van der Waals surface area contributed by atoms with E-state index in [0.29, 0.717) is 17.1 Å². The lowest BCUT2D eigenvalue weighted by Gasteiger charge is -2.57. The van der Waals surface area contributed by atoms with Gasteiger partial charge in [0.1, 0.15) is 23.0 Å². The van der Waals surface area contributed by atoms with Gasteiger partial charge in [0, 0.05) is 12.1 Å². The first-order valence-corrected chi connectivity index (χ1v) is 10.8. The SMILES string of the molecule is Cc1nc2ccc(-c3cc(N)nc(N)c3)nc2n1CC12CC3CC(CC(C3)C1)C2. The van der Waals surface area contributed by atoms with Gasteiger partial charge in [-0.3, -0.25) is 0 Å². The molecule has 3 heterocycles. The molecule has 0 aromatic carbocycles. The molecule has 150 valence electrons. The third kappa shape index (κ3) is 2.80. The summed E-state index contributed by atoms with van der Waals surface area (Å²) >= 11 is 0. The lowest BCUT2D eigenvalue weighted by molar-refractivity contribution is -0.0616. The van der Waals surface area contributed by atoms with Crippen molar-refractivity contribution >= 4 is 22.8 Å². The average molecular weight is 389 g/mol. The Morgan fingerprint density at radius 3 is 2.17 bits per heavy atom. The highest BCUT2D eigenvalue weighted by molar-refractivity contribution is 5.77. The van der Waals surface area contributed by atoms with Crippen LogP contribution in [0.1, 0.15) is 44.3 Å². The van der Waals surface area contributed by atoms with Crippen molar-refractivity contribution in [3.8, 4) is 11.3 Å². The van der Waals surface area contributed by atoms with E-state index < -0.39 is 0 Å². The Balaban J connectivity index is 1.41. The number of imidazole rings is 1. The fourth-order valence-corrected chi connectivity index (χ4v) is 7.01. The van der Waals surface area contributed by atoms with Gasteiger partial charge in [-0.05, 0) is 92.9 Å². The summed E-state index contributed by atoms with van der Waals surface area (Å²) in [4.78, 5) is 13.9. The molecule has 4 saturated carbocycles. The van der Waals surface area contributed by atoms with Gasteiger partial charge in [0.2, 0.25) is 0 Å². The van der Waals surface area contributed by atoms with Gasteiger partial charge in [0.25, 0.3) is 0 Å². The average Bonchev–Trinajstić information content (AvgIpc) is 2.94. The molecular weight excluding hydrogens is 360 g/mol. The fourth-order valence-electron chi connectivity index (χ4n) is 7.01. The monoisotopic (exact) mass is 388 g/mol. The lowest BCUT2D eigenvalue weighted by atomic mass is 9.49. The molecule has 6 nitrogen and oxygen atoms in total. The van der Waals surface area contributed by atoms with Crippen molar-refractivity contribution in [3.05, 3.63) is 30.1 Å². The Morgan fingerprint density at radius 2 is 1.55 bits per heavy atom. The summed E-state index contributed by atoms with van der Waals surface area (Å²) in [6, 6.07) is 7.72. The van der Waals surface area contributed by atoms with Gasteiger partial charge in [0.05, 0.1) is 5.69 Å². The lowest BCUT2D eigenvalue weighted by Crippen LogP contribution is -2.48. The molecule has 4 aliphatic carbocycles. The number of aromatic nitrogens is 4. The smallest absolute Gasteiger partial charge is 0.160 e. The number of nitrogens with zero attached hydrogens (tertiary/aromatic N) is 4. The zero-order valence-corrected chi connectivity index (χ0v) is 16.9. The summed E-state index contributed by atoms with van der Waals surface area (Å²) in [6.45, 7) is 3.17. The second-order valence-corrected chi connectivity index (χ2v) is 9.91. The summed E-state index contributed by atoms with van der Waals surface area (Å²) in [5, 5.41) is 0. The van der Waals surface area contributed by atoms with Crippen molar-refractivity contribution in [1.82, 2.24) is 19.5 Å². The maximum Gasteiger partial charge on any atom is 0.160 e. The summed E-state index contributed by atoms with van der Waals surface area (Å²) < 4.78 is 2.37. The first kappa shape index (κ1) is 17.2. The number of nitrogens with two attached hydrogens (primary N) is 2. The molecule has 7 rings (SSSR count). The maximum atomic E-state index is 5.90. The van der Waals surface area contributed by atoms with Crippen molar-refractivity contribution in [3.63, 3.8) is 0 Å². The maximum absolute atomic E-state index is 5.90. The van der Waals surface area contributed by atoms with Crippen molar-refractivity contribution in [1.29, 1.82) is 0 Å². The highest BCUT2D eigenvalue weighted by atomic mass is 15.1. The van der Waals surface area contributed by atoms with E-state index >= 15 is 0 Å². The Morgan fingerprint density at radius 1 is 0.931 bits per heavy atom. The topological polar surface area (TPSA) is 95.6 Å². The summed E-state index contributed by atoms with van der Waals surface area (Å²) in [6.07, 6.45) is 8.56. The number of pyridine rings is 2. The Hall–Kier alpha value is -2.63. The molecule has 4 N–H and O–H groups in total. The van der Waals surface area contributed by atoms with Crippen LogP contribution in [0.4, 0.5) is 11.6 Å². The van der Waals surface area contributed by atoms with Crippen LogP contribution in [0.5, 0.6) is 0 Å². The van der Waals surface area contributed by atoms with E-state index in [1.54, 1.807) is 0 Å². The second-order valence-electron chi connectivity index (χ2n) is 9.91. The molecule has 4 fully saturated rings. The molecule has 3 aromatic rings. The van der Waals surface area contributed by atoms with Crippen LogP contribution in [-0.4, -0.2) is 19.5 Å². The van der Waals surface area contributed by atoms with Crippen LogP contribution in [-0.2, 0) is 6.54 Å². The molecule has 6 heteroatoms. The highest BCUT2D eigenvalue weighted by Crippen LogP contribution is 2.60. The molecule has 0 radical (unpaired) electrons. The first-order chi connectivity index (χ1) is 14.0. The van der Waals surface area contributed by atoms with Crippen molar-refractivity contribution < 1.29 is 0 Å². The molecule has 29 heavy (non-hydrogen) atoms. The summed E-state index contributed by atoms with van der Waals surface area (Å²) in [7, 11) is 0. The van der Waals surface area contributed by atoms with E-state index in [-0.39, 0.29) is 0 Å². The van der Waals surface area contributed by atoms with Crippen LogP contribution in [0, 0.1) is 30.1 Å². The molecular formula is C23H28N6. The van der Waals surface area contributed by atoms with Crippen LogP contribution in [0.3, 0.4) is 0 Å². The molecule has 0 unspecified atom stereocenters. The number of nitrogen functional groups attached to an aromatic ring is 2. The van der Waals surface area contributed by atoms with E-state index in [4.69, 9.17) is 21.4 Å². The standard InChI is InChI=1S/C23H28N6/c1-13-26-19-3-2-18(17-7-20(24)28-21(25)8-17)27-22(19)29(13)12-23-9-14-4-15(10-23)6-16(5-14)11-23/h2-3,7-8,14-16H,4-6,9-12H2,1H3,(H4,24,25,28). The molecule has 4 aliphatic rings. The van der Waals surface area contributed by atoms with Gasteiger partial charge in [-0.2, -0.15) is 0 Å². The Labute approximate surface area is 170 Å². The van der Waals surface area contributed by atoms with E-state index in [9.17, 15) is 0 Å². The zero-order chi connectivity index (χ0) is 19.8. The quantitative estimate of drug-likeness (QED) is 0.702. The third-order valence-corrected chi connectivity index (χ3v) is 7.60. The van der Waals surface area contributed by atoms with Crippen LogP contribution in [0.25, 0.3) is 22.4 Å². The largest absolute Gasteiger partial charge is 0.384 e. The third-order valence-electron chi connectivity index (χ3n) is 7.60. The summed E-state index contributed by atoms with van der Waals surface area (Å²) in [5.74, 6) is 4.74. The first-order valence-electron chi connectivity index (χ1n) is 10.8. The highest BCUT2D eigenvalue weighted by Gasteiger charge is 2.51. The molecule has 0 amide bonds. The van der Waals surface area contributed by atoms with Crippen molar-refractivity contribution in [2.45, 2.75) is 52.0 Å². The minimum Gasteiger partial charge on any atom is -0.384 e. The molecule has 0 spiro atoms. The normalized spacial score (nSPS) is 30.3. The van der Waals surface area contributed by atoms with Gasteiger partial charge in [-0.1, -0.05) is 0 Å². The molecule has 0 atom stereocenters. The van der Waals surface area contributed by atoms with Crippen LogP contribution >= 0.6 is 0 Å². The number of fused-ring (bicyclic) bond motifs is 1. The molecule has 0 aliphatic heterocycles. The number of anilines is 2. The van der Waals surface area contributed by atoms with Gasteiger partial charge in [-0.15, -0.1) is 0 Å². The fraction of sp³-hybridized carbons (Fsp3) is 0.522. The van der Waals surface area contributed by atoms with Crippen LogP contribution in [0.2, 0.25) is 0 Å². The van der Waals surface area contributed by atoms with Gasteiger partial charge >= 0.3 is 0 Å². The number of hydrogen-bond acceptors (Lipinski definition) is 5. The number of aryl methyl sites for hydroxylation is 1. The Kier molecular flexibility index (Phi) is 3.53. The van der Waals surface area contributed by atoms with E-state index in [1.807, 2.05) is 18.2 Å².